The maximum atomic E-state index is 12.0. The highest BCUT2D eigenvalue weighted by Gasteiger charge is 2.44. The van der Waals surface area contributed by atoms with Crippen molar-refractivity contribution >= 4 is 35.2 Å². The van der Waals surface area contributed by atoms with E-state index in [0.717, 1.165) is 0 Å². The van der Waals surface area contributed by atoms with Crippen LogP contribution in [0.25, 0.3) is 11.0 Å². The number of aromatic nitrogens is 3. The number of carbonyl (C=O) groups is 1. The quantitative estimate of drug-likeness (QED) is 0.439. The van der Waals surface area contributed by atoms with Crippen LogP contribution in [-0.4, -0.2) is 67.7 Å². The largest absolute Gasteiger partial charge is 0.394 e. The van der Waals surface area contributed by atoms with Gasteiger partial charge >= 0.3 is 0 Å². The third-order valence-electron chi connectivity index (χ3n) is 3.90. The van der Waals surface area contributed by atoms with Crippen molar-refractivity contribution in [3.05, 3.63) is 18.1 Å². The topological polar surface area (TPSA) is 156 Å². The van der Waals surface area contributed by atoms with Gasteiger partial charge in [0.1, 0.15) is 36.1 Å². The van der Waals surface area contributed by atoms with E-state index >= 15 is 0 Å². The first kappa shape index (κ1) is 18.4. The van der Waals surface area contributed by atoms with Gasteiger partial charge in [-0.25, -0.2) is 9.97 Å². The Hall–Kier alpha value is -1.98. The predicted octanol–water partition coefficient (Wildman–Crippen LogP) is -1.59. The molecule has 2 aromatic rings. The number of carbonyl (C=O) groups excluding carboxylic acids is 1. The molecule has 0 saturated carbocycles. The zero-order valence-electron chi connectivity index (χ0n) is 12.7. The maximum absolute atomic E-state index is 12.0. The molecule has 6 N–H and O–H groups in total. The number of nitrogens with two attached hydrogens (primary N) is 1. The number of hydrogen-bond acceptors (Lipinski definition) is 8. The molecule has 0 aliphatic carbocycles. The highest BCUT2D eigenvalue weighted by molar-refractivity contribution is 6.09. The van der Waals surface area contributed by atoms with Gasteiger partial charge in [-0.15, -0.1) is 12.4 Å². The van der Waals surface area contributed by atoms with Crippen molar-refractivity contribution in [2.75, 3.05) is 19.4 Å². The van der Waals surface area contributed by atoms with Gasteiger partial charge < -0.3 is 35.7 Å². The number of nitrogen functional groups attached to an aromatic ring is 1. The van der Waals surface area contributed by atoms with Crippen molar-refractivity contribution in [2.24, 2.45) is 0 Å². The van der Waals surface area contributed by atoms with Crippen LogP contribution in [0.4, 0.5) is 5.82 Å². The average Bonchev–Trinajstić information content (AvgIpc) is 3.07. The predicted molar refractivity (Wildman–Crippen MR) is 85.6 cm³/mol. The molecule has 0 spiro atoms. The van der Waals surface area contributed by atoms with Crippen molar-refractivity contribution in [1.29, 1.82) is 0 Å². The molecule has 3 heterocycles. The first-order valence-electron chi connectivity index (χ1n) is 6.95. The molecule has 0 bridgehead atoms. The summed E-state index contributed by atoms with van der Waals surface area (Å²) in [7, 11) is 1.47. The van der Waals surface area contributed by atoms with Gasteiger partial charge in [0.15, 0.2) is 6.23 Å². The lowest BCUT2D eigenvalue weighted by atomic mass is 10.1. The van der Waals surface area contributed by atoms with E-state index in [0.29, 0.717) is 5.39 Å². The molecule has 10 nitrogen and oxygen atoms in total. The number of nitrogens with one attached hydrogen (secondary N) is 1. The number of anilines is 1. The zero-order valence-corrected chi connectivity index (χ0v) is 13.5. The molecule has 1 amide bonds. The van der Waals surface area contributed by atoms with E-state index < -0.39 is 37.1 Å². The summed E-state index contributed by atoms with van der Waals surface area (Å²) in [5.74, 6) is -0.291. The number of aliphatic hydroxyl groups is 3. The van der Waals surface area contributed by atoms with E-state index in [1.54, 1.807) is 0 Å². The Balaban J connectivity index is 0.00000208. The van der Waals surface area contributed by atoms with Crippen LogP contribution < -0.4 is 11.1 Å². The van der Waals surface area contributed by atoms with Crippen LogP contribution in [0.3, 0.4) is 0 Å². The van der Waals surface area contributed by atoms with Crippen LogP contribution in [0.5, 0.6) is 0 Å². The highest BCUT2D eigenvalue weighted by Crippen LogP contribution is 2.34. The number of nitrogens with zero attached hydrogens (tertiary/aromatic N) is 3. The first-order valence-corrected chi connectivity index (χ1v) is 6.95. The fourth-order valence-corrected chi connectivity index (χ4v) is 2.72. The first-order chi connectivity index (χ1) is 11.0. The van der Waals surface area contributed by atoms with Crippen LogP contribution in [-0.2, 0) is 4.74 Å². The number of rotatable bonds is 3. The molecular formula is C13H18ClN5O5. The highest BCUT2D eigenvalue weighted by atomic mass is 35.5. The maximum Gasteiger partial charge on any atom is 0.253 e. The molecule has 1 saturated heterocycles. The number of ether oxygens (including phenoxy) is 1. The number of amides is 1. The van der Waals surface area contributed by atoms with Gasteiger partial charge in [0.25, 0.3) is 5.91 Å². The summed E-state index contributed by atoms with van der Waals surface area (Å²) in [6, 6.07) is 0. The Morgan fingerprint density at radius 3 is 2.71 bits per heavy atom. The average molecular weight is 360 g/mol. The normalized spacial score (nSPS) is 26.3. The number of aliphatic hydroxyl groups excluding tert-OH is 3. The molecule has 3 rings (SSSR count). The van der Waals surface area contributed by atoms with Crippen LogP contribution in [0.15, 0.2) is 12.5 Å². The fourth-order valence-electron chi connectivity index (χ4n) is 2.72. The SMILES string of the molecule is CNC(=O)c1cn(C2OC(CO)C(O)C2O)c2ncnc(N)c12.Cl. The van der Waals surface area contributed by atoms with Gasteiger partial charge in [-0.05, 0) is 0 Å². The second-order valence-corrected chi connectivity index (χ2v) is 5.22. The van der Waals surface area contributed by atoms with Crippen molar-refractivity contribution in [1.82, 2.24) is 19.9 Å². The third kappa shape index (κ3) is 2.68. The molecule has 4 unspecified atom stereocenters. The van der Waals surface area contributed by atoms with E-state index in [9.17, 15) is 20.1 Å². The van der Waals surface area contributed by atoms with Crippen molar-refractivity contribution in [2.45, 2.75) is 24.5 Å². The minimum absolute atomic E-state index is 0. The summed E-state index contributed by atoms with van der Waals surface area (Å²) < 4.78 is 6.88. The monoisotopic (exact) mass is 359 g/mol. The lowest BCUT2D eigenvalue weighted by Crippen LogP contribution is -2.33. The van der Waals surface area contributed by atoms with Gasteiger partial charge in [0.05, 0.1) is 17.6 Å². The van der Waals surface area contributed by atoms with Gasteiger partial charge in [-0.2, -0.15) is 0 Å². The number of fused-ring (bicyclic) bond motifs is 1. The van der Waals surface area contributed by atoms with Gasteiger partial charge in [0.2, 0.25) is 0 Å². The van der Waals surface area contributed by atoms with Crippen LogP contribution in [0, 0.1) is 0 Å². The second kappa shape index (κ2) is 6.87. The summed E-state index contributed by atoms with van der Waals surface area (Å²) in [6.07, 6.45) is -1.85. The molecule has 1 aliphatic heterocycles. The molecule has 1 fully saturated rings. The zero-order chi connectivity index (χ0) is 16.7. The summed E-state index contributed by atoms with van der Waals surface area (Å²) >= 11 is 0. The van der Waals surface area contributed by atoms with Gasteiger partial charge in [-0.1, -0.05) is 0 Å². The van der Waals surface area contributed by atoms with Crippen molar-refractivity contribution in [3.8, 4) is 0 Å². The molecule has 24 heavy (non-hydrogen) atoms. The minimum atomic E-state index is -1.29. The minimum Gasteiger partial charge on any atom is -0.394 e. The van der Waals surface area contributed by atoms with E-state index in [4.69, 9.17) is 10.5 Å². The summed E-state index contributed by atoms with van der Waals surface area (Å²) in [6.45, 7) is -0.451. The number of halogens is 1. The Bertz CT molecular complexity index is 754. The molecule has 0 aromatic carbocycles. The molecule has 11 heteroatoms. The summed E-state index contributed by atoms with van der Waals surface area (Å²) in [4.78, 5) is 20.0. The summed E-state index contributed by atoms with van der Waals surface area (Å²) in [5.41, 5.74) is 6.34. The van der Waals surface area contributed by atoms with Crippen LogP contribution >= 0.6 is 12.4 Å². The standard InChI is InChI=1S/C13H17N5O5.ClH/c1-15-12(22)5-2-18(11-7(5)10(14)16-4-17-11)13-9(21)8(20)6(3-19)23-13;/h2,4,6,8-9,13,19-21H,3H2,1H3,(H,15,22)(H2,14,16,17);1H. The Morgan fingerprint density at radius 1 is 1.42 bits per heavy atom. The molecule has 132 valence electrons. The molecular weight excluding hydrogens is 342 g/mol. The molecule has 1 aliphatic rings. The second-order valence-electron chi connectivity index (χ2n) is 5.22. The lowest BCUT2D eigenvalue weighted by molar-refractivity contribution is -0.0508. The third-order valence-corrected chi connectivity index (χ3v) is 3.90. The Kier molecular flexibility index (Phi) is 5.26. The Morgan fingerprint density at radius 2 is 2.12 bits per heavy atom. The fraction of sp³-hybridized carbons (Fsp3) is 0.462. The molecule has 0 radical (unpaired) electrons. The van der Waals surface area contributed by atoms with Gasteiger partial charge in [-0.3, -0.25) is 4.79 Å². The lowest BCUT2D eigenvalue weighted by Gasteiger charge is -2.17. The van der Waals surface area contributed by atoms with E-state index in [2.05, 4.69) is 15.3 Å². The Labute approximate surface area is 142 Å². The smallest absolute Gasteiger partial charge is 0.253 e. The van der Waals surface area contributed by atoms with E-state index in [1.165, 1.54) is 24.1 Å². The number of hydrogen-bond donors (Lipinski definition) is 5. The molecule has 4 atom stereocenters. The summed E-state index contributed by atoms with van der Waals surface area (Å²) in [5, 5.41) is 32.1. The van der Waals surface area contributed by atoms with Crippen LogP contribution in [0.2, 0.25) is 0 Å². The van der Waals surface area contributed by atoms with Crippen molar-refractivity contribution in [3.63, 3.8) is 0 Å². The van der Waals surface area contributed by atoms with Gasteiger partial charge in [0, 0.05) is 13.2 Å². The van der Waals surface area contributed by atoms with Crippen LogP contribution in [0.1, 0.15) is 16.6 Å². The van der Waals surface area contributed by atoms with E-state index in [1.807, 2.05) is 0 Å². The molecule has 2 aromatic heterocycles. The van der Waals surface area contributed by atoms with Crippen molar-refractivity contribution < 1.29 is 24.9 Å². The van der Waals surface area contributed by atoms with E-state index in [-0.39, 0.29) is 29.4 Å².